The van der Waals surface area contributed by atoms with Gasteiger partial charge in [0.05, 0.1) is 0 Å². The number of benzene rings is 2. The molecule has 0 aliphatic rings. The Morgan fingerprint density at radius 2 is 2.00 bits per heavy atom. The second-order valence-corrected chi connectivity index (χ2v) is 5.67. The molecular weight excluding hydrogens is 314 g/mol. The number of tetrazole rings is 1. The fourth-order valence-electron chi connectivity index (χ4n) is 2.63. The average molecular weight is 333 g/mol. The summed E-state index contributed by atoms with van der Waals surface area (Å²) in [5.74, 6) is 0.564. The van der Waals surface area contributed by atoms with Crippen molar-refractivity contribution >= 4 is 5.91 Å². The summed E-state index contributed by atoms with van der Waals surface area (Å²) < 4.78 is 1.58. The summed E-state index contributed by atoms with van der Waals surface area (Å²) in [6.45, 7) is 4.77. The number of rotatable bonds is 6. The van der Waals surface area contributed by atoms with Crippen LogP contribution in [-0.2, 0) is 13.6 Å². The van der Waals surface area contributed by atoms with Gasteiger partial charge in [-0.25, -0.2) is 4.68 Å². The maximum Gasteiger partial charge on any atom is 0.254 e. The zero-order chi connectivity index (χ0) is 17.6. The molecule has 0 saturated carbocycles. The van der Waals surface area contributed by atoms with Gasteiger partial charge in [-0.1, -0.05) is 48.5 Å². The molecule has 0 N–H and O–H groups in total. The Morgan fingerprint density at radius 1 is 1.20 bits per heavy atom. The minimum absolute atomic E-state index is 0.0549. The standard InChI is InChI=1S/C19H19N5O/c1-3-12-24(14-15-8-5-4-6-9-15)19(25)17-11-7-10-16(13-17)18-20-21-22-23(18)2/h3-11,13H,1,12,14H2,2H3. The van der Waals surface area contributed by atoms with Gasteiger partial charge < -0.3 is 4.90 Å². The van der Waals surface area contributed by atoms with Crippen molar-refractivity contribution in [3.8, 4) is 11.4 Å². The third-order valence-corrected chi connectivity index (χ3v) is 3.84. The maximum atomic E-state index is 13.0. The number of hydrogen-bond donors (Lipinski definition) is 0. The molecule has 0 atom stereocenters. The number of aryl methyl sites for hydroxylation is 1. The summed E-state index contributed by atoms with van der Waals surface area (Å²) in [4.78, 5) is 14.7. The first kappa shape index (κ1) is 16.6. The number of nitrogens with zero attached hydrogens (tertiary/aromatic N) is 5. The first-order valence-corrected chi connectivity index (χ1v) is 7.96. The van der Waals surface area contributed by atoms with E-state index in [9.17, 15) is 4.79 Å². The Morgan fingerprint density at radius 3 is 2.68 bits per heavy atom. The molecule has 0 spiro atoms. The molecule has 0 aliphatic carbocycles. The minimum Gasteiger partial charge on any atom is -0.331 e. The molecule has 1 aromatic heterocycles. The number of aromatic nitrogens is 4. The van der Waals surface area contributed by atoms with E-state index >= 15 is 0 Å². The van der Waals surface area contributed by atoms with Crippen LogP contribution in [0.1, 0.15) is 15.9 Å². The number of carbonyl (C=O) groups excluding carboxylic acids is 1. The minimum atomic E-state index is -0.0549. The van der Waals surface area contributed by atoms with Crippen molar-refractivity contribution in [2.45, 2.75) is 6.54 Å². The van der Waals surface area contributed by atoms with Crippen LogP contribution in [-0.4, -0.2) is 37.6 Å². The number of amides is 1. The predicted octanol–water partition coefficient (Wildman–Crippen LogP) is 2.71. The van der Waals surface area contributed by atoms with Gasteiger partial charge in [0, 0.05) is 31.3 Å². The SMILES string of the molecule is C=CCN(Cc1ccccc1)C(=O)c1cccc(-c2nnnn2C)c1. The van der Waals surface area contributed by atoms with Crippen molar-refractivity contribution in [1.82, 2.24) is 25.1 Å². The van der Waals surface area contributed by atoms with E-state index in [1.165, 1.54) is 0 Å². The summed E-state index contributed by atoms with van der Waals surface area (Å²) in [7, 11) is 1.77. The van der Waals surface area contributed by atoms with Crippen LogP contribution in [0.3, 0.4) is 0 Å². The van der Waals surface area contributed by atoms with Gasteiger partial charge in [-0.3, -0.25) is 4.79 Å². The Balaban J connectivity index is 1.87. The average Bonchev–Trinajstić information content (AvgIpc) is 3.08. The third kappa shape index (κ3) is 3.80. The van der Waals surface area contributed by atoms with E-state index in [-0.39, 0.29) is 5.91 Å². The largest absolute Gasteiger partial charge is 0.331 e. The summed E-state index contributed by atoms with van der Waals surface area (Å²) in [5, 5.41) is 11.5. The van der Waals surface area contributed by atoms with Crippen LogP contribution in [0.4, 0.5) is 0 Å². The normalized spacial score (nSPS) is 10.4. The highest BCUT2D eigenvalue weighted by molar-refractivity contribution is 5.95. The fraction of sp³-hybridized carbons (Fsp3) is 0.158. The highest BCUT2D eigenvalue weighted by Crippen LogP contribution is 2.18. The van der Waals surface area contributed by atoms with Gasteiger partial charge in [-0.2, -0.15) is 0 Å². The molecule has 0 radical (unpaired) electrons. The van der Waals surface area contributed by atoms with Crippen LogP contribution in [0.2, 0.25) is 0 Å². The molecule has 2 aromatic carbocycles. The number of hydrogen-bond acceptors (Lipinski definition) is 4. The molecule has 6 nitrogen and oxygen atoms in total. The molecule has 3 rings (SSSR count). The number of carbonyl (C=O) groups is 1. The Labute approximate surface area is 146 Å². The quantitative estimate of drug-likeness (QED) is 0.651. The van der Waals surface area contributed by atoms with Crippen LogP contribution in [0.25, 0.3) is 11.4 Å². The van der Waals surface area contributed by atoms with Gasteiger partial charge in [0.15, 0.2) is 5.82 Å². The van der Waals surface area contributed by atoms with Crippen LogP contribution in [0, 0.1) is 0 Å². The van der Waals surface area contributed by atoms with Gasteiger partial charge in [-0.05, 0) is 28.1 Å². The smallest absolute Gasteiger partial charge is 0.254 e. The highest BCUT2D eigenvalue weighted by Gasteiger charge is 2.16. The van der Waals surface area contributed by atoms with E-state index in [4.69, 9.17) is 0 Å². The Hall–Kier alpha value is -3.28. The molecular formula is C19H19N5O. The molecule has 6 heteroatoms. The predicted molar refractivity (Wildman–Crippen MR) is 95.6 cm³/mol. The van der Waals surface area contributed by atoms with E-state index in [1.54, 1.807) is 28.8 Å². The topological polar surface area (TPSA) is 63.9 Å². The van der Waals surface area contributed by atoms with E-state index < -0.39 is 0 Å². The Bertz CT molecular complexity index is 872. The molecule has 126 valence electrons. The van der Waals surface area contributed by atoms with E-state index in [0.717, 1.165) is 11.1 Å². The molecule has 1 amide bonds. The fourth-order valence-corrected chi connectivity index (χ4v) is 2.63. The zero-order valence-corrected chi connectivity index (χ0v) is 14.0. The molecule has 0 bridgehead atoms. The summed E-state index contributed by atoms with van der Waals surface area (Å²) >= 11 is 0. The van der Waals surface area contributed by atoms with E-state index in [1.807, 2.05) is 48.5 Å². The first-order valence-electron chi connectivity index (χ1n) is 7.96. The van der Waals surface area contributed by atoms with Crippen LogP contribution < -0.4 is 0 Å². The lowest BCUT2D eigenvalue weighted by Gasteiger charge is -2.21. The monoisotopic (exact) mass is 333 g/mol. The highest BCUT2D eigenvalue weighted by atomic mass is 16.2. The zero-order valence-electron chi connectivity index (χ0n) is 14.0. The molecule has 25 heavy (non-hydrogen) atoms. The molecule has 0 aliphatic heterocycles. The van der Waals surface area contributed by atoms with Crippen LogP contribution >= 0.6 is 0 Å². The first-order chi connectivity index (χ1) is 12.2. The lowest BCUT2D eigenvalue weighted by molar-refractivity contribution is 0.0762. The van der Waals surface area contributed by atoms with Gasteiger partial charge in [0.1, 0.15) is 0 Å². The third-order valence-electron chi connectivity index (χ3n) is 3.84. The summed E-state index contributed by atoms with van der Waals surface area (Å²) in [6, 6.07) is 17.2. The Kier molecular flexibility index (Phi) is 4.99. The van der Waals surface area contributed by atoms with Gasteiger partial charge in [0.2, 0.25) is 0 Å². The van der Waals surface area contributed by atoms with Crippen molar-refractivity contribution in [2.24, 2.45) is 7.05 Å². The summed E-state index contributed by atoms with van der Waals surface area (Å²) in [5.41, 5.74) is 2.47. The van der Waals surface area contributed by atoms with Crippen molar-refractivity contribution < 1.29 is 4.79 Å². The molecule has 0 fully saturated rings. The van der Waals surface area contributed by atoms with Gasteiger partial charge in [0.25, 0.3) is 5.91 Å². The van der Waals surface area contributed by atoms with Crippen LogP contribution in [0.5, 0.6) is 0 Å². The second-order valence-electron chi connectivity index (χ2n) is 5.67. The molecule has 0 unspecified atom stereocenters. The van der Waals surface area contributed by atoms with Crippen LogP contribution in [0.15, 0.2) is 67.3 Å². The van der Waals surface area contributed by atoms with Gasteiger partial charge in [-0.15, -0.1) is 11.7 Å². The lowest BCUT2D eigenvalue weighted by Crippen LogP contribution is -2.30. The van der Waals surface area contributed by atoms with E-state index in [0.29, 0.717) is 24.5 Å². The van der Waals surface area contributed by atoms with Crippen molar-refractivity contribution in [3.63, 3.8) is 0 Å². The van der Waals surface area contributed by atoms with Crippen molar-refractivity contribution in [3.05, 3.63) is 78.4 Å². The molecule has 0 saturated heterocycles. The molecule has 1 heterocycles. The summed E-state index contributed by atoms with van der Waals surface area (Å²) in [6.07, 6.45) is 1.73. The molecule has 3 aromatic rings. The van der Waals surface area contributed by atoms with E-state index in [2.05, 4.69) is 22.1 Å². The van der Waals surface area contributed by atoms with Gasteiger partial charge >= 0.3 is 0 Å². The second kappa shape index (κ2) is 7.53. The lowest BCUT2D eigenvalue weighted by atomic mass is 10.1. The van der Waals surface area contributed by atoms with Crippen molar-refractivity contribution in [2.75, 3.05) is 6.54 Å². The maximum absolute atomic E-state index is 13.0. The van der Waals surface area contributed by atoms with Crippen molar-refractivity contribution in [1.29, 1.82) is 0 Å².